The van der Waals surface area contributed by atoms with E-state index in [2.05, 4.69) is 64.6 Å². The van der Waals surface area contributed by atoms with Crippen LogP contribution < -0.4 is 4.90 Å². The summed E-state index contributed by atoms with van der Waals surface area (Å²) in [6.45, 7) is 5.85. The minimum absolute atomic E-state index is 0.907. The highest BCUT2D eigenvalue weighted by atomic mass is 15.6. The van der Waals surface area contributed by atoms with Gasteiger partial charge in [-0.1, -0.05) is 41.1 Å². The summed E-state index contributed by atoms with van der Waals surface area (Å²) in [5.74, 6) is 0. The molecule has 0 saturated carbocycles. The lowest BCUT2D eigenvalue weighted by molar-refractivity contribution is 0.254. The van der Waals surface area contributed by atoms with Gasteiger partial charge in [0.15, 0.2) is 0 Å². The molecule has 0 aromatic heterocycles. The Balaban J connectivity index is 1.55. The summed E-state index contributed by atoms with van der Waals surface area (Å²) in [7, 11) is 0. The molecule has 0 unspecified atom stereocenters. The third-order valence-corrected chi connectivity index (χ3v) is 3.70. The zero-order valence-corrected chi connectivity index (χ0v) is 12.3. The van der Waals surface area contributed by atoms with Crippen molar-refractivity contribution in [2.24, 2.45) is 10.3 Å². The summed E-state index contributed by atoms with van der Waals surface area (Å²) in [4.78, 5) is 2.39. The van der Waals surface area contributed by atoms with Crippen LogP contribution in [0.15, 0.2) is 64.9 Å². The maximum absolute atomic E-state index is 4.34. The average molecular weight is 280 g/mol. The van der Waals surface area contributed by atoms with Crippen molar-refractivity contribution in [2.75, 3.05) is 31.1 Å². The SMILES string of the molecule is Cc1ccc(/N=N/N2CCN(c3ccccc3)CC2)cc1. The van der Waals surface area contributed by atoms with Gasteiger partial charge in [0.1, 0.15) is 0 Å². The Morgan fingerprint density at radius 2 is 1.48 bits per heavy atom. The molecule has 4 nitrogen and oxygen atoms in total. The second kappa shape index (κ2) is 6.39. The van der Waals surface area contributed by atoms with Crippen LogP contribution in [0.2, 0.25) is 0 Å². The van der Waals surface area contributed by atoms with Gasteiger partial charge >= 0.3 is 0 Å². The van der Waals surface area contributed by atoms with E-state index in [-0.39, 0.29) is 0 Å². The minimum atomic E-state index is 0.907. The average Bonchev–Trinajstić information content (AvgIpc) is 2.56. The Kier molecular flexibility index (Phi) is 4.15. The maximum Gasteiger partial charge on any atom is 0.0874 e. The van der Waals surface area contributed by atoms with E-state index in [1.807, 2.05) is 17.1 Å². The molecule has 3 rings (SSSR count). The van der Waals surface area contributed by atoms with Crippen LogP contribution in [-0.4, -0.2) is 31.2 Å². The summed E-state index contributed by atoms with van der Waals surface area (Å²) in [5.41, 5.74) is 3.43. The van der Waals surface area contributed by atoms with Crippen molar-refractivity contribution in [3.63, 3.8) is 0 Å². The van der Waals surface area contributed by atoms with Crippen LogP contribution >= 0.6 is 0 Å². The summed E-state index contributed by atoms with van der Waals surface area (Å²) in [5, 5.41) is 10.7. The topological polar surface area (TPSA) is 31.2 Å². The first-order valence-corrected chi connectivity index (χ1v) is 7.34. The number of para-hydroxylation sites is 1. The Morgan fingerprint density at radius 3 is 2.14 bits per heavy atom. The van der Waals surface area contributed by atoms with Gasteiger partial charge in [-0.25, -0.2) is 0 Å². The molecular weight excluding hydrogens is 260 g/mol. The Morgan fingerprint density at radius 1 is 0.810 bits per heavy atom. The van der Waals surface area contributed by atoms with Crippen molar-refractivity contribution in [3.8, 4) is 0 Å². The van der Waals surface area contributed by atoms with Gasteiger partial charge in [-0.15, -0.1) is 5.11 Å². The molecule has 0 N–H and O–H groups in total. The number of rotatable bonds is 3. The van der Waals surface area contributed by atoms with Gasteiger partial charge in [0.05, 0.1) is 18.8 Å². The van der Waals surface area contributed by atoms with Crippen LogP contribution in [0, 0.1) is 6.92 Å². The number of nitrogens with zero attached hydrogens (tertiary/aromatic N) is 4. The summed E-state index contributed by atoms with van der Waals surface area (Å²) in [6.07, 6.45) is 0. The standard InChI is InChI=1S/C17H20N4/c1-15-7-9-16(10-8-15)18-19-21-13-11-20(12-14-21)17-5-3-2-4-6-17/h2-10H,11-14H2,1H3/b19-18+. The van der Waals surface area contributed by atoms with Gasteiger partial charge < -0.3 is 4.90 Å². The first-order valence-electron chi connectivity index (χ1n) is 7.34. The first-order chi connectivity index (χ1) is 10.3. The summed E-state index contributed by atoms with van der Waals surface area (Å²) < 4.78 is 0. The third-order valence-electron chi connectivity index (χ3n) is 3.70. The van der Waals surface area contributed by atoms with E-state index >= 15 is 0 Å². The second-order valence-corrected chi connectivity index (χ2v) is 5.30. The number of piperazine rings is 1. The van der Waals surface area contributed by atoms with Gasteiger partial charge in [0.2, 0.25) is 0 Å². The van der Waals surface area contributed by atoms with Gasteiger partial charge in [-0.05, 0) is 31.2 Å². The Labute approximate surface area is 125 Å². The monoisotopic (exact) mass is 280 g/mol. The van der Waals surface area contributed by atoms with E-state index in [1.54, 1.807) is 0 Å². The highest BCUT2D eigenvalue weighted by Crippen LogP contribution is 2.17. The van der Waals surface area contributed by atoms with Gasteiger partial charge in [0.25, 0.3) is 0 Å². The van der Waals surface area contributed by atoms with Crippen LogP contribution in [-0.2, 0) is 0 Å². The molecule has 1 fully saturated rings. The molecule has 1 aliphatic heterocycles. The van der Waals surface area contributed by atoms with E-state index in [0.717, 1.165) is 31.9 Å². The third kappa shape index (κ3) is 3.60. The largest absolute Gasteiger partial charge is 0.368 e. The molecule has 0 aliphatic carbocycles. The number of anilines is 1. The zero-order valence-electron chi connectivity index (χ0n) is 12.3. The van der Waals surface area contributed by atoms with Crippen LogP contribution in [0.1, 0.15) is 5.56 Å². The lowest BCUT2D eigenvalue weighted by Crippen LogP contribution is -2.43. The highest BCUT2D eigenvalue weighted by molar-refractivity contribution is 5.46. The smallest absolute Gasteiger partial charge is 0.0874 e. The fourth-order valence-corrected chi connectivity index (χ4v) is 2.41. The molecule has 1 aliphatic rings. The molecule has 2 aromatic carbocycles. The molecule has 108 valence electrons. The Hall–Kier alpha value is -2.36. The van der Waals surface area contributed by atoms with E-state index in [1.165, 1.54) is 11.3 Å². The van der Waals surface area contributed by atoms with Crippen molar-refractivity contribution >= 4 is 11.4 Å². The first kappa shape index (κ1) is 13.6. The van der Waals surface area contributed by atoms with E-state index in [9.17, 15) is 0 Å². The summed E-state index contributed by atoms with van der Waals surface area (Å²) >= 11 is 0. The van der Waals surface area contributed by atoms with Gasteiger partial charge in [-0.2, -0.15) is 0 Å². The quantitative estimate of drug-likeness (QED) is 0.800. The van der Waals surface area contributed by atoms with E-state index in [0.29, 0.717) is 0 Å². The molecule has 1 heterocycles. The highest BCUT2D eigenvalue weighted by Gasteiger charge is 2.15. The molecule has 21 heavy (non-hydrogen) atoms. The summed E-state index contributed by atoms with van der Waals surface area (Å²) in [6, 6.07) is 18.6. The lowest BCUT2D eigenvalue weighted by atomic mass is 10.2. The van der Waals surface area contributed by atoms with Crippen molar-refractivity contribution in [2.45, 2.75) is 6.92 Å². The number of hydrogen-bond donors (Lipinski definition) is 0. The van der Waals surface area contributed by atoms with Gasteiger partial charge in [0, 0.05) is 18.8 Å². The maximum atomic E-state index is 4.34. The van der Waals surface area contributed by atoms with Crippen LogP contribution in [0.25, 0.3) is 0 Å². The zero-order chi connectivity index (χ0) is 14.5. The normalized spacial score (nSPS) is 15.7. The predicted molar refractivity (Wildman–Crippen MR) is 85.9 cm³/mol. The fourth-order valence-electron chi connectivity index (χ4n) is 2.41. The van der Waals surface area contributed by atoms with Gasteiger partial charge in [-0.3, -0.25) is 5.01 Å². The second-order valence-electron chi connectivity index (χ2n) is 5.30. The minimum Gasteiger partial charge on any atom is -0.368 e. The van der Waals surface area contributed by atoms with Crippen LogP contribution in [0.3, 0.4) is 0 Å². The number of aryl methyl sites for hydroxylation is 1. The molecule has 0 bridgehead atoms. The lowest BCUT2D eigenvalue weighted by Gasteiger charge is -2.33. The Bertz CT molecular complexity index is 584. The van der Waals surface area contributed by atoms with E-state index < -0.39 is 0 Å². The number of benzene rings is 2. The molecule has 1 saturated heterocycles. The molecule has 0 amide bonds. The van der Waals surface area contributed by atoms with Crippen LogP contribution in [0.5, 0.6) is 0 Å². The predicted octanol–water partition coefficient (Wildman–Crippen LogP) is 3.82. The fraction of sp³-hybridized carbons (Fsp3) is 0.294. The van der Waals surface area contributed by atoms with Crippen LogP contribution in [0.4, 0.5) is 11.4 Å². The number of hydrogen-bond acceptors (Lipinski definition) is 3. The molecule has 4 heteroatoms. The molecule has 2 aromatic rings. The molecular formula is C17H20N4. The molecule has 0 spiro atoms. The van der Waals surface area contributed by atoms with Crippen molar-refractivity contribution in [3.05, 3.63) is 60.2 Å². The van der Waals surface area contributed by atoms with Crippen molar-refractivity contribution < 1.29 is 0 Å². The van der Waals surface area contributed by atoms with Crippen molar-refractivity contribution in [1.82, 2.24) is 5.01 Å². The van der Waals surface area contributed by atoms with Crippen molar-refractivity contribution in [1.29, 1.82) is 0 Å². The van der Waals surface area contributed by atoms with E-state index in [4.69, 9.17) is 0 Å². The molecule has 0 radical (unpaired) electrons. The molecule has 0 atom stereocenters.